The van der Waals surface area contributed by atoms with Gasteiger partial charge in [0, 0.05) is 21.4 Å². The van der Waals surface area contributed by atoms with Gasteiger partial charge in [-0.2, -0.15) is 0 Å². The molecule has 0 atom stereocenters. The highest BCUT2D eigenvalue weighted by molar-refractivity contribution is 9.10. The van der Waals surface area contributed by atoms with Crippen molar-refractivity contribution in [1.29, 1.82) is 0 Å². The molecular weight excluding hydrogens is 440 g/mol. The van der Waals surface area contributed by atoms with E-state index in [0.717, 1.165) is 15.6 Å². The lowest BCUT2D eigenvalue weighted by Gasteiger charge is -2.12. The Hall–Kier alpha value is -2.64. The lowest BCUT2D eigenvalue weighted by molar-refractivity contribution is 0.102. The first kappa shape index (κ1) is 20.1. The molecule has 0 unspecified atom stereocenters. The molecule has 0 aliphatic carbocycles. The molecule has 3 aromatic rings. The second-order valence-corrected chi connectivity index (χ2v) is 8.94. The van der Waals surface area contributed by atoms with Gasteiger partial charge in [0.2, 0.25) is 0 Å². The van der Waals surface area contributed by atoms with Crippen LogP contribution in [0.4, 0.5) is 11.4 Å². The number of halogens is 1. The molecule has 28 heavy (non-hydrogen) atoms. The van der Waals surface area contributed by atoms with Crippen molar-refractivity contribution >= 4 is 43.2 Å². The Balaban J connectivity index is 1.83. The predicted molar refractivity (Wildman–Crippen MR) is 115 cm³/mol. The normalized spacial score (nSPS) is 11.1. The van der Waals surface area contributed by atoms with Gasteiger partial charge in [0.15, 0.2) is 0 Å². The van der Waals surface area contributed by atoms with Gasteiger partial charge >= 0.3 is 0 Å². The van der Waals surface area contributed by atoms with Crippen LogP contribution in [0.25, 0.3) is 0 Å². The van der Waals surface area contributed by atoms with E-state index in [1.54, 1.807) is 36.4 Å². The number of rotatable bonds is 5. The van der Waals surface area contributed by atoms with Crippen molar-refractivity contribution in [3.8, 4) is 0 Å². The number of hydrogen-bond donors (Lipinski definition) is 2. The maximum absolute atomic E-state index is 12.7. The van der Waals surface area contributed by atoms with Crippen molar-refractivity contribution in [2.24, 2.45) is 0 Å². The van der Waals surface area contributed by atoms with Crippen LogP contribution in [0.3, 0.4) is 0 Å². The summed E-state index contributed by atoms with van der Waals surface area (Å²) in [6.07, 6.45) is 0. The van der Waals surface area contributed by atoms with Gasteiger partial charge in [-0.3, -0.25) is 9.52 Å². The summed E-state index contributed by atoms with van der Waals surface area (Å²) in [5, 5.41) is 2.84. The number of carbonyl (C=O) groups excluding carboxylic acids is 1. The number of nitrogens with one attached hydrogen (secondary N) is 2. The molecule has 0 aliphatic heterocycles. The molecule has 144 valence electrons. The molecule has 2 N–H and O–H groups in total. The molecule has 0 spiro atoms. The van der Waals surface area contributed by atoms with Gasteiger partial charge in [-0.05, 0) is 73.5 Å². The second-order valence-electron chi connectivity index (χ2n) is 6.34. The van der Waals surface area contributed by atoms with Gasteiger partial charge in [0.1, 0.15) is 0 Å². The van der Waals surface area contributed by atoms with E-state index in [-0.39, 0.29) is 16.4 Å². The molecule has 3 aromatic carbocycles. The van der Waals surface area contributed by atoms with Crippen molar-refractivity contribution in [3.05, 3.63) is 87.9 Å². The first-order valence-electron chi connectivity index (χ1n) is 8.52. The number of hydrogen-bond acceptors (Lipinski definition) is 3. The Morgan fingerprint density at radius 1 is 0.929 bits per heavy atom. The van der Waals surface area contributed by atoms with Gasteiger partial charge < -0.3 is 5.32 Å². The minimum atomic E-state index is -3.82. The highest BCUT2D eigenvalue weighted by Gasteiger charge is 2.17. The average Bonchev–Trinajstić information content (AvgIpc) is 2.67. The number of amides is 1. The predicted octanol–water partition coefficient (Wildman–Crippen LogP) is 5.12. The quantitative estimate of drug-likeness (QED) is 0.556. The van der Waals surface area contributed by atoms with Gasteiger partial charge in [-0.15, -0.1) is 0 Å². The van der Waals surface area contributed by atoms with E-state index in [0.29, 0.717) is 11.4 Å². The Morgan fingerprint density at radius 2 is 1.61 bits per heavy atom. The lowest BCUT2D eigenvalue weighted by atomic mass is 10.1. The summed E-state index contributed by atoms with van der Waals surface area (Å²) in [4.78, 5) is 12.6. The third-order valence-corrected chi connectivity index (χ3v) is 6.26. The zero-order valence-electron chi connectivity index (χ0n) is 15.4. The highest BCUT2D eigenvalue weighted by atomic mass is 79.9. The third kappa shape index (κ3) is 4.61. The molecule has 0 bridgehead atoms. The van der Waals surface area contributed by atoms with E-state index in [1.807, 2.05) is 32.0 Å². The minimum absolute atomic E-state index is 0.0176. The van der Waals surface area contributed by atoms with Crippen LogP contribution < -0.4 is 10.0 Å². The number of aryl methyl sites for hydroxylation is 1. The molecule has 0 saturated carbocycles. The monoisotopic (exact) mass is 458 g/mol. The smallest absolute Gasteiger partial charge is 0.261 e. The zero-order valence-corrected chi connectivity index (χ0v) is 17.8. The van der Waals surface area contributed by atoms with E-state index in [4.69, 9.17) is 0 Å². The van der Waals surface area contributed by atoms with Crippen molar-refractivity contribution in [2.45, 2.75) is 18.7 Å². The van der Waals surface area contributed by atoms with Crippen molar-refractivity contribution in [2.75, 3.05) is 10.0 Å². The van der Waals surface area contributed by atoms with E-state index < -0.39 is 10.0 Å². The summed E-state index contributed by atoms with van der Waals surface area (Å²) in [7, 11) is -3.82. The maximum atomic E-state index is 12.7. The summed E-state index contributed by atoms with van der Waals surface area (Å²) in [5.74, 6) is -0.366. The molecule has 0 heterocycles. The van der Waals surface area contributed by atoms with Crippen LogP contribution in [0.2, 0.25) is 0 Å². The van der Waals surface area contributed by atoms with Gasteiger partial charge in [0.05, 0.1) is 4.90 Å². The fraction of sp³-hybridized carbons (Fsp3) is 0.0952. The molecule has 0 aliphatic rings. The zero-order chi connectivity index (χ0) is 20.3. The van der Waals surface area contributed by atoms with Crippen LogP contribution in [0.1, 0.15) is 21.5 Å². The Labute approximate surface area is 173 Å². The topological polar surface area (TPSA) is 75.3 Å². The molecular formula is C21H19BrN2O3S. The van der Waals surface area contributed by atoms with Gasteiger partial charge in [-0.25, -0.2) is 8.42 Å². The molecule has 1 amide bonds. The fourth-order valence-electron chi connectivity index (χ4n) is 2.62. The van der Waals surface area contributed by atoms with Crippen LogP contribution in [0.15, 0.2) is 76.1 Å². The summed E-state index contributed by atoms with van der Waals surface area (Å²) in [5.41, 5.74) is 3.43. The minimum Gasteiger partial charge on any atom is -0.322 e. The molecule has 0 fully saturated rings. The fourth-order valence-corrected chi connectivity index (χ4v) is 3.99. The van der Waals surface area contributed by atoms with E-state index in [9.17, 15) is 13.2 Å². The number of benzene rings is 3. The summed E-state index contributed by atoms with van der Waals surface area (Å²) in [6, 6.07) is 18.4. The standard InChI is InChI=1S/C21H19BrN2O3S/c1-14-5-3-8-20(15(14)2)23-21(25)16-6-4-7-19(13-16)28(26,27)24-18-11-9-17(22)10-12-18/h3-13,24H,1-2H3,(H,23,25). The molecule has 5 nitrogen and oxygen atoms in total. The highest BCUT2D eigenvalue weighted by Crippen LogP contribution is 2.21. The van der Waals surface area contributed by atoms with Crippen molar-refractivity contribution in [3.63, 3.8) is 0 Å². The van der Waals surface area contributed by atoms with Crippen LogP contribution in [0, 0.1) is 13.8 Å². The van der Waals surface area contributed by atoms with E-state index >= 15 is 0 Å². The van der Waals surface area contributed by atoms with Crippen molar-refractivity contribution < 1.29 is 13.2 Å². The average molecular weight is 459 g/mol. The number of anilines is 2. The summed E-state index contributed by atoms with van der Waals surface area (Å²) in [6.45, 7) is 3.89. The maximum Gasteiger partial charge on any atom is 0.261 e. The lowest BCUT2D eigenvalue weighted by Crippen LogP contribution is -2.16. The third-order valence-electron chi connectivity index (χ3n) is 4.36. The largest absolute Gasteiger partial charge is 0.322 e. The Bertz CT molecular complexity index is 1130. The summed E-state index contributed by atoms with van der Waals surface area (Å²) >= 11 is 3.31. The first-order chi connectivity index (χ1) is 13.3. The first-order valence-corrected chi connectivity index (χ1v) is 10.8. The SMILES string of the molecule is Cc1cccc(NC(=O)c2cccc(S(=O)(=O)Nc3ccc(Br)cc3)c2)c1C. The molecule has 0 aromatic heterocycles. The molecule has 7 heteroatoms. The Kier molecular flexibility index (Phi) is 5.86. The summed E-state index contributed by atoms with van der Waals surface area (Å²) < 4.78 is 28.7. The number of carbonyl (C=O) groups is 1. The molecule has 0 radical (unpaired) electrons. The second kappa shape index (κ2) is 8.16. The van der Waals surface area contributed by atoms with Crippen LogP contribution >= 0.6 is 15.9 Å². The van der Waals surface area contributed by atoms with Crippen LogP contribution in [0.5, 0.6) is 0 Å². The van der Waals surface area contributed by atoms with E-state index in [2.05, 4.69) is 26.0 Å². The number of sulfonamides is 1. The van der Waals surface area contributed by atoms with E-state index in [1.165, 1.54) is 12.1 Å². The van der Waals surface area contributed by atoms with Crippen LogP contribution in [-0.4, -0.2) is 14.3 Å². The molecule has 3 rings (SSSR count). The van der Waals surface area contributed by atoms with Crippen molar-refractivity contribution in [1.82, 2.24) is 0 Å². The molecule has 0 saturated heterocycles. The van der Waals surface area contributed by atoms with Gasteiger partial charge in [-0.1, -0.05) is 34.1 Å². The Morgan fingerprint density at radius 3 is 2.32 bits per heavy atom. The van der Waals surface area contributed by atoms with Gasteiger partial charge in [0.25, 0.3) is 15.9 Å². The van der Waals surface area contributed by atoms with Crippen LogP contribution in [-0.2, 0) is 10.0 Å².